The molecule has 29 heavy (non-hydrogen) atoms. The van der Waals surface area contributed by atoms with Gasteiger partial charge in [0.2, 0.25) is 0 Å². The summed E-state index contributed by atoms with van der Waals surface area (Å²) < 4.78 is 5.29. The maximum Gasteiger partial charge on any atom is 0.414 e. The molecule has 3 unspecified atom stereocenters. The van der Waals surface area contributed by atoms with E-state index < -0.39 is 0 Å². The van der Waals surface area contributed by atoms with Gasteiger partial charge in [-0.15, -0.1) is 0 Å². The van der Waals surface area contributed by atoms with Gasteiger partial charge >= 0.3 is 6.09 Å². The van der Waals surface area contributed by atoms with Crippen molar-refractivity contribution in [2.24, 2.45) is 17.6 Å². The predicted octanol–water partition coefficient (Wildman–Crippen LogP) is 5.06. The number of amides is 1. The van der Waals surface area contributed by atoms with E-state index in [1.807, 2.05) is 32.9 Å². The van der Waals surface area contributed by atoms with Crippen LogP contribution in [-0.2, 0) is 4.74 Å². The lowest BCUT2D eigenvalue weighted by Gasteiger charge is -2.39. The highest BCUT2D eigenvalue weighted by Gasteiger charge is 2.32. The Labute approximate surface area is 177 Å². The lowest BCUT2D eigenvalue weighted by atomic mass is 9.82. The van der Waals surface area contributed by atoms with Crippen molar-refractivity contribution in [3.05, 3.63) is 35.7 Å². The molecule has 1 aliphatic carbocycles. The highest BCUT2D eigenvalue weighted by Crippen LogP contribution is 2.36. The Morgan fingerprint density at radius 2 is 1.66 bits per heavy atom. The molecule has 1 amide bonds. The molecular weight excluding hydrogens is 362 g/mol. The molecule has 2 saturated heterocycles. The van der Waals surface area contributed by atoms with Gasteiger partial charge in [0.1, 0.15) is 6.10 Å². The summed E-state index contributed by atoms with van der Waals surface area (Å²) in [5.41, 5.74) is 7.77. The van der Waals surface area contributed by atoms with Gasteiger partial charge in [-0.3, -0.25) is 4.90 Å². The second kappa shape index (κ2) is 12.1. The van der Waals surface area contributed by atoms with Crippen LogP contribution in [0.5, 0.6) is 0 Å². The number of nitrogens with two attached hydrogens (primary N) is 1. The fraction of sp³-hybridized carbons (Fsp3) is 0.708. The Morgan fingerprint density at radius 1 is 1.00 bits per heavy atom. The van der Waals surface area contributed by atoms with Gasteiger partial charge in [0, 0.05) is 31.0 Å². The molecule has 0 aromatic rings. The smallest absolute Gasteiger partial charge is 0.414 e. The zero-order valence-electron chi connectivity index (χ0n) is 18.9. The molecule has 1 saturated carbocycles. The van der Waals surface area contributed by atoms with Crippen molar-refractivity contribution in [3.8, 4) is 0 Å². The minimum absolute atomic E-state index is 0.212. The average Bonchev–Trinajstić information content (AvgIpc) is 2.98. The second-order valence-corrected chi connectivity index (χ2v) is 8.01. The van der Waals surface area contributed by atoms with Crippen LogP contribution >= 0.6 is 0 Å². The monoisotopic (exact) mass is 403 g/mol. The van der Waals surface area contributed by atoms with Gasteiger partial charge in [-0.05, 0) is 50.7 Å². The van der Waals surface area contributed by atoms with Crippen LogP contribution in [0.4, 0.5) is 4.79 Å². The zero-order valence-corrected chi connectivity index (χ0v) is 18.9. The molecule has 3 rings (SSSR count). The van der Waals surface area contributed by atoms with E-state index in [1.54, 1.807) is 4.90 Å². The molecule has 2 heterocycles. The highest BCUT2D eigenvalue weighted by molar-refractivity contribution is 5.73. The summed E-state index contributed by atoms with van der Waals surface area (Å²) in [6, 6.07) is 0. The van der Waals surface area contributed by atoms with Gasteiger partial charge in [-0.25, -0.2) is 4.79 Å². The number of likely N-dealkylation sites (tertiary alicyclic amines) is 1. The second-order valence-electron chi connectivity index (χ2n) is 8.01. The summed E-state index contributed by atoms with van der Waals surface area (Å²) in [6.07, 6.45) is 16.1. The largest absolute Gasteiger partial charge is 0.443 e. The third kappa shape index (κ3) is 6.11. The van der Waals surface area contributed by atoms with Gasteiger partial charge in [0.25, 0.3) is 0 Å². The summed E-state index contributed by atoms with van der Waals surface area (Å²) in [5, 5.41) is 0. The van der Waals surface area contributed by atoms with Crippen LogP contribution in [0.15, 0.2) is 35.7 Å². The van der Waals surface area contributed by atoms with Crippen molar-refractivity contribution in [2.45, 2.75) is 72.3 Å². The van der Waals surface area contributed by atoms with E-state index in [1.165, 1.54) is 50.8 Å². The molecule has 0 bridgehead atoms. The third-order valence-electron chi connectivity index (χ3n) is 6.37. The van der Waals surface area contributed by atoms with Crippen molar-refractivity contribution >= 4 is 6.09 Å². The van der Waals surface area contributed by atoms with Crippen molar-refractivity contribution in [3.63, 3.8) is 0 Å². The Morgan fingerprint density at radius 3 is 2.28 bits per heavy atom. The number of fused-ring (bicyclic) bond motifs is 1. The number of allylic oxidation sites excluding steroid dienone is 4. The summed E-state index contributed by atoms with van der Waals surface area (Å²) in [7, 11) is 0. The fourth-order valence-corrected chi connectivity index (χ4v) is 4.76. The molecule has 5 heteroatoms. The van der Waals surface area contributed by atoms with Gasteiger partial charge < -0.3 is 15.4 Å². The molecule has 3 atom stereocenters. The van der Waals surface area contributed by atoms with Crippen LogP contribution in [0.3, 0.4) is 0 Å². The lowest BCUT2D eigenvalue weighted by molar-refractivity contribution is 0.138. The number of carbonyl (C=O) groups is 1. The number of ether oxygens (including phenoxy) is 1. The summed E-state index contributed by atoms with van der Waals surface area (Å²) in [6.45, 7) is 11.2. The van der Waals surface area contributed by atoms with Crippen molar-refractivity contribution in [1.29, 1.82) is 0 Å². The normalized spacial score (nSPS) is 28.6. The summed E-state index contributed by atoms with van der Waals surface area (Å²) in [5.74, 6) is 1.76. The number of cyclic esters (lactones) is 1. The highest BCUT2D eigenvalue weighted by atomic mass is 16.6. The molecule has 0 spiro atoms. The van der Waals surface area contributed by atoms with Crippen molar-refractivity contribution in [1.82, 2.24) is 9.80 Å². The van der Waals surface area contributed by atoms with Crippen LogP contribution in [0.25, 0.3) is 0 Å². The number of rotatable bonds is 5. The van der Waals surface area contributed by atoms with E-state index in [0.717, 1.165) is 24.1 Å². The van der Waals surface area contributed by atoms with Gasteiger partial charge in [0.15, 0.2) is 0 Å². The minimum Gasteiger partial charge on any atom is -0.443 e. The Bertz CT molecular complexity index is 611. The van der Waals surface area contributed by atoms with Crippen LogP contribution in [0, 0.1) is 11.8 Å². The SMILES string of the molecule is CC.C\C=C(/C=C\C(=C/C)N1CC(CN)OC1=O)N1CCC2CCCCCC2C1. The zero-order chi connectivity index (χ0) is 21.2. The predicted molar refractivity (Wildman–Crippen MR) is 120 cm³/mol. The summed E-state index contributed by atoms with van der Waals surface area (Å²) >= 11 is 0. The van der Waals surface area contributed by atoms with E-state index >= 15 is 0 Å². The number of nitrogens with zero attached hydrogens (tertiary/aromatic N) is 2. The first-order valence-corrected chi connectivity index (χ1v) is 11.6. The molecule has 0 aromatic carbocycles. The van der Waals surface area contributed by atoms with E-state index in [2.05, 4.69) is 24.0 Å². The molecule has 164 valence electrons. The van der Waals surface area contributed by atoms with Crippen LogP contribution in [0.1, 0.15) is 66.2 Å². The fourth-order valence-electron chi connectivity index (χ4n) is 4.76. The Hall–Kier alpha value is -1.75. The maximum atomic E-state index is 12.1. The Balaban J connectivity index is 0.00000145. The van der Waals surface area contributed by atoms with E-state index in [4.69, 9.17) is 10.5 Å². The first-order valence-electron chi connectivity index (χ1n) is 11.6. The summed E-state index contributed by atoms with van der Waals surface area (Å²) in [4.78, 5) is 16.3. The molecule has 0 aromatic heterocycles. The van der Waals surface area contributed by atoms with E-state index in [0.29, 0.717) is 13.1 Å². The van der Waals surface area contributed by atoms with Crippen LogP contribution in [0.2, 0.25) is 0 Å². The topological polar surface area (TPSA) is 58.8 Å². The quantitative estimate of drug-likeness (QED) is 0.652. The van der Waals surface area contributed by atoms with Gasteiger partial charge in [-0.1, -0.05) is 51.7 Å². The molecule has 2 aliphatic heterocycles. The lowest BCUT2D eigenvalue weighted by Crippen LogP contribution is -2.39. The molecule has 3 fully saturated rings. The molecular formula is C24H41N3O2. The first-order chi connectivity index (χ1) is 14.2. The molecule has 3 aliphatic rings. The maximum absolute atomic E-state index is 12.1. The van der Waals surface area contributed by atoms with Crippen LogP contribution < -0.4 is 5.73 Å². The minimum atomic E-state index is -0.301. The molecule has 0 radical (unpaired) electrons. The molecule has 5 nitrogen and oxygen atoms in total. The number of hydrogen-bond donors (Lipinski definition) is 1. The average molecular weight is 404 g/mol. The number of piperidine rings is 1. The van der Waals surface area contributed by atoms with E-state index in [9.17, 15) is 4.79 Å². The number of carbonyl (C=O) groups excluding carboxylic acids is 1. The van der Waals surface area contributed by atoms with Crippen LogP contribution in [-0.4, -0.2) is 48.2 Å². The molecule has 2 N–H and O–H groups in total. The first kappa shape index (κ1) is 23.5. The third-order valence-corrected chi connectivity index (χ3v) is 6.37. The Kier molecular flexibility index (Phi) is 9.79. The van der Waals surface area contributed by atoms with Gasteiger partial charge in [0.05, 0.1) is 6.54 Å². The van der Waals surface area contributed by atoms with Crippen molar-refractivity contribution in [2.75, 3.05) is 26.2 Å². The standard InChI is InChI=1S/C22H35N3O2.C2H6/c1-3-19(24-13-12-17-8-6-5-7-9-18(17)15-24)10-11-20(4-2)25-16-21(14-23)27-22(25)26;1-2/h3-4,10-11,17-18,21H,5-9,12-16,23H2,1-2H3;1-2H3/b11-10-,19-3+,20-4+;. The van der Waals surface area contributed by atoms with E-state index in [-0.39, 0.29) is 12.2 Å². The van der Waals surface area contributed by atoms with Gasteiger partial charge in [-0.2, -0.15) is 0 Å². The van der Waals surface area contributed by atoms with Crippen molar-refractivity contribution < 1.29 is 9.53 Å². The number of hydrogen-bond acceptors (Lipinski definition) is 4.